The number of alkyl halides is 3. The molecule has 0 heterocycles. The molecule has 0 fully saturated rings. The molecule has 0 spiro atoms. The van der Waals surface area contributed by atoms with Gasteiger partial charge in [0.15, 0.2) is 0 Å². The first-order valence-corrected chi connectivity index (χ1v) is 4.93. The molecular formula is C10H19F3O2. The van der Waals surface area contributed by atoms with Crippen molar-refractivity contribution in [3.05, 3.63) is 0 Å². The minimum absolute atomic E-state index is 0.378. The van der Waals surface area contributed by atoms with E-state index in [4.69, 9.17) is 10.2 Å². The van der Waals surface area contributed by atoms with Crippen LogP contribution in [0.15, 0.2) is 0 Å². The average Bonchev–Trinajstić information content (AvgIpc) is 1.95. The van der Waals surface area contributed by atoms with E-state index in [-0.39, 0.29) is 5.41 Å². The molecule has 0 rings (SSSR count). The molecular weight excluding hydrogens is 209 g/mol. The van der Waals surface area contributed by atoms with Crippen LogP contribution in [0.2, 0.25) is 0 Å². The molecule has 0 radical (unpaired) electrons. The Morgan fingerprint density at radius 3 is 1.67 bits per heavy atom. The van der Waals surface area contributed by atoms with Gasteiger partial charge in [0.2, 0.25) is 0 Å². The summed E-state index contributed by atoms with van der Waals surface area (Å²) in [5.74, 6) is -3.98. The Bertz CT molecular complexity index is 204. The third-order valence-corrected chi connectivity index (χ3v) is 2.70. The van der Waals surface area contributed by atoms with E-state index in [1.807, 2.05) is 0 Å². The zero-order chi connectivity index (χ0) is 12.5. The molecule has 0 saturated carbocycles. The smallest absolute Gasteiger partial charge is 0.359 e. The first-order chi connectivity index (χ1) is 6.42. The summed E-state index contributed by atoms with van der Waals surface area (Å²) >= 11 is 0. The lowest BCUT2D eigenvalue weighted by Gasteiger charge is -2.35. The molecule has 0 aliphatic carbocycles. The predicted octanol–water partition coefficient (Wildman–Crippen LogP) is 2.69. The molecule has 15 heavy (non-hydrogen) atoms. The Morgan fingerprint density at radius 2 is 1.47 bits per heavy atom. The van der Waals surface area contributed by atoms with E-state index in [2.05, 4.69) is 0 Å². The summed E-state index contributed by atoms with van der Waals surface area (Å²) in [4.78, 5) is 0. The molecule has 2 nitrogen and oxygen atoms in total. The Hall–Kier alpha value is -0.290. The highest BCUT2D eigenvalue weighted by Crippen LogP contribution is 2.40. The summed E-state index contributed by atoms with van der Waals surface area (Å²) in [6, 6.07) is 0. The van der Waals surface area contributed by atoms with Crippen LogP contribution in [-0.4, -0.2) is 22.2 Å². The van der Waals surface area contributed by atoms with E-state index in [1.54, 1.807) is 27.7 Å². The summed E-state index contributed by atoms with van der Waals surface area (Å²) in [5.41, 5.74) is -0.378. The maximum absolute atomic E-state index is 12.2. The maximum Gasteiger partial charge on any atom is 0.442 e. The van der Waals surface area contributed by atoms with Crippen LogP contribution in [0.5, 0.6) is 0 Å². The van der Waals surface area contributed by atoms with Gasteiger partial charge in [-0.3, -0.25) is 0 Å². The first kappa shape index (κ1) is 14.7. The van der Waals surface area contributed by atoms with Gasteiger partial charge >= 0.3 is 6.18 Å². The van der Waals surface area contributed by atoms with Gasteiger partial charge in [-0.05, 0) is 11.3 Å². The molecule has 5 heteroatoms. The summed E-state index contributed by atoms with van der Waals surface area (Å²) in [6.45, 7) is 7.09. The zero-order valence-electron chi connectivity index (χ0n) is 9.52. The fourth-order valence-corrected chi connectivity index (χ4v) is 1.52. The largest absolute Gasteiger partial charge is 0.442 e. The number of hydrogen-bond acceptors (Lipinski definition) is 2. The average molecular weight is 228 g/mol. The highest BCUT2D eigenvalue weighted by Gasteiger charge is 2.54. The molecule has 0 saturated heterocycles. The summed E-state index contributed by atoms with van der Waals surface area (Å²) in [7, 11) is 0. The Morgan fingerprint density at radius 1 is 1.07 bits per heavy atom. The predicted molar refractivity (Wildman–Crippen MR) is 51.1 cm³/mol. The molecule has 0 aromatic rings. The molecule has 2 N–H and O–H groups in total. The second-order valence-corrected chi connectivity index (χ2v) is 4.99. The van der Waals surface area contributed by atoms with Gasteiger partial charge in [-0.15, -0.1) is 0 Å². The van der Waals surface area contributed by atoms with Crippen LogP contribution in [0.3, 0.4) is 0 Å². The fraction of sp³-hybridized carbons (Fsp3) is 1.00. The van der Waals surface area contributed by atoms with Gasteiger partial charge in [-0.2, -0.15) is 13.2 Å². The third-order valence-electron chi connectivity index (χ3n) is 2.70. The molecule has 0 aromatic carbocycles. The van der Waals surface area contributed by atoms with Crippen molar-refractivity contribution in [3.8, 4) is 0 Å². The van der Waals surface area contributed by atoms with Crippen molar-refractivity contribution >= 4 is 0 Å². The maximum atomic E-state index is 12.2. The van der Waals surface area contributed by atoms with E-state index in [1.165, 1.54) is 0 Å². The van der Waals surface area contributed by atoms with Gasteiger partial charge < -0.3 is 10.2 Å². The fourth-order valence-electron chi connectivity index (χ4n) is 1.52. The van der Waals surface area contributed by atoms with Gasteiger partial charge in [-0.25, -0.2) is 0 Å². The van der Waals surface area contributed by atoms with Gasteiger partial charge in [0.1, 0.15) is 0 Å². The lowest BCUT2D eigenvalue weighted by Crippen LogP contribution is -2.47. The standard InChI is InChI=1S/C10H19F3O2/c1-5-7(8(2,3)4)6-9(14,15)10(11,12)13/h7,14-15H,5-6H2,1-4H3/t7-/m0/s1. The van der Waals surface area contributed by atoms with E-state index in [0.29, 0.717) is 6.42 Å². The van der Waals surface area contributed by atoms with Crippen molar-refractivity contribution < 1.29 is 23.4 Å². The van der Waals surface area contributed by atoms with E-state index >= 15 is 0 Å². The van der Waals surface area contributed by atoms with Crippen molar-refractivity contribution in [3.63, 3.8) is 0 Å². The van der Waals surface area contributed by atoms with Crippen molar-refractivity contribution in [2.75, 3.05) is 0 Å². The Balaban J connectivity index is 4.70. The normalized spacial score (nSPS) is 16.6. The molecule has 0 aromatic heterocycles. The topological polar surface area (TPSA) is 40.5 Å². The van der Waals surface area contributed by atoms with Crippen LogP contribution in [0.4, 0.5) is 13.2 Å². The molecule has 0 bridgehead atoms. The lowest BCUT2D eigenvalue weighted by molar-refractivity contribution is -0.356. The van der Waals surface area contributed by atoms with E-state index in [0.717, 1.165) is 0 Å². The van der Waals surface area contributed by atoms with Crippen LogP contribution >= 0.6 is 0 Å². The van der Waals surface area contributed by atoms with Crippen LogP contribution in [0.1, 0.15) is 40.5 Å². The Labute approximate surface area is 88.1 Å². The summed E-state index contributed by atoms with van der Waals surface area (Å²) < 4.78 is 36.7. The van der Waals surface area contributed by atoms with Gasteiger partial charge in [0.05, 0.1) is 0 Å². The van der Waals surface area contributed by atoms with Gasteiger partial charge in [0.25, 0.3) is 5.79 Å². The van der Waals surface area contributed by atoms with Crippen molar-refractivity contribution in [1.82, 2.24) is 0 Å². The lowest BCUT2D eigenvalue weighted by atomic mass is 9.75. The molecule has 0 amide bonds. The zero-order valence-corrected chi connectivity index (χ0v) is 9.52. The number of rotatable bonds is 3. The number of hydrogen-bond donors (Lipinski definition) is 2. The second kappa shape index (κ2) is 4.29. The van der Waals surface area contributed by atoms with Crippen molar-refractivity contribution in [1.29, 1.82) is 0 Å². The minimum Gasteiger partial charge on any atom is -0.359 e. The second-order valence-electron chi connectivity index (χ2n) is 4.99. The van der Waals surface area contributed by atoms with Crippen LogP contribution in [0.25, 0.3) is 0 Å². The van der Waals surface area contributed by atoms with Gasteiger partial charge in [-0.1, -0.05) is 34.1 Å². The minimum atomic E-state index is -4.99. The first-order valence-electron chi connectivity index (χ1n) is 4.93. The van der Waals surface area contributed by atoms with E-state index in [9.17, 15) is 13.2 Å². The highest BCUT2D eigenvalue weighted by molar-refractivity contribution is 4.83. The summed E-state index contributed by atoms with van der Waals surface area (Å²) in [6.07, 6.45) is -5.20. The van der Waals surface area contributed by atoms with Crippen molar-refractivity contribution in [2.45, 2.75) is 52.5 Å². The van der Waals surface area contributed by atoms with Crippen LogP contribution in [0, 0.1) is 11.3 Å². The van der Waals surface area contributed by atoms with E-state index < -0.39 is 24.3 Å². The SMILES string of the molecule is CC[C@@H](CC(O)(O)C(F)(F)F)C(C)(C)C. The Kier molecular flexibility index (Phi) is 4.21. The van der Waals surface area contributed by atoms with Gasteiger partial charge in [0, 0.05) is 6.42 Å². The van der Waals surface area contributed by atoms with Crippen LogP contribution < -0.4 is 0 Å². The molecule has 1 atom stereocenters. The molecule has 0 unspecified atom stereocenters. The third kappa shape index (κ3) is 3.99. The highest BCUT2D eigenvalue weighted by atomic mass is 19.4. The monoisotopic (exact) mass is 228 g/mol. The number of aliphatic hydroxyl groups is 2. The molecule has 92 valence electrons. The van der Waals surface area contributed by atoms with Crippen molar-refractivity contribution in [2.24, 2.45) is 11.3 Å². The molecule has 0 aliphatic heterocycles. The number of halogens is 3. The summed E-state index contributed by atoms with van der Waals surface area (Å²) in [5, 5.41) is 17.9. The molecule has 0 aliphatic rings. The van der Waals surface area contributed by atoms with Crippen LogP contribution in [-0.2, 0) is 0 Å². The quantitative estimate of drug-likeness (QED) is 0.729.